The van der Waals surface area contributed by atoms with Crippen molar-refractivity contribution in [2.24, 2.45) is 5.41 Å². The molecule has 3 nitrogen and oxygen atoms in total. The molecule has 1 aliphatic carbocycles. The van der Waals surface area contributed by atoms with E-state index >= 15 is 0 Å². The second kappa shape index (κ2) is 4.69. The summed E-state index contributed by atoms with van der Waals surface area (Å²) in [5, 5.41) is 12.5. The zero-order valence-electron chi connectivity index (χ0n) is 9.79. The fourth-order valence-electron chi connectivity index (χ4n) is 2.10. The van der Waals surface area contributed by atoms with E-state index < -0.39 is 11.4 Å². The van der Waals surface area contributed by atoms with Crippen molar-refractivity contribution in [2.75, 3.05) is 11.9 Å². The molecule has 0 aliphatic heterocycles. The van der Waals surface area contributed by atoms with Gasteiger partial charge in [-0.1, -0.05) is 12.5 Å². The van der Waals surface area contributed by atoms with E-state index in [4.69, 9.17) is 0 Å². The van der Waals surface area contributed by atoms with Gasteiger partial charge in [0, 0.05) is 16.7 Å². The number of aryl methyl sites for hydroxylation is 1. The van der Waals surface area contributed by atoms with Gasteiger partial charge in [-0.05, 0) is 53.4 Å². The predicted molar refractivity (Wildman–Crippen MR) is 71.3 cm³/mol. The fraction of sp³-hybridized carbons (Fsp3) is 0.462. The first-order valence-electron chi connectivity index (χ1n) is 5.77. The lowest BCUT2D eigenvalue weighted by molar-refractivity contribution is -0.153. The van der Waals surface area contributed by atoms with Crippen LogP contribution in [0.3, 0.4) is 0 Å². The Hall–Kier alpha value is -1.03. The molecule has 1 saturated carbocycles. The molecule has 1 aromatic rings. The molecule has 0 aromatic heterocycles. The summed E-state index contributed by atoms with van der Waals surface area (Å²) in [6, 6.07) is 6.02. The Kier molecular flexibility index (Phi) is 3.43. The third kappa shape index (κ3) is 2.46. The summed E-state index contributed by atoms with van der Waals surface area (Å²) in [6.07, 6.45) is 2.57. The van der Waals surface area contributed by atoms with Gasteiger partial charge in [0.2, 0.25) is 0 Å². The van der Waals surface area contributed by atoms with E-state index in [1.807, 2.05) is 25.1 Å². The molecule has 4 heteroatoms. The maximum Gasteiger partial charge on any atom is 0.311 e. The molecule has 2 N–H and O–H groups in total. The van der Waals surface area contributed by atoms with Gasteiger partial charge in [0.1, 0.15) is 0 Å². The van der Waals surface area contributed by atoms with E-state index in [9.17, 15) is 9.90 Å². The number of nitrogens with one attached hydrogen (secondary N) is 1. The molecule has 0 radical (unpaired) electrons. The van der Waals surface area contributed by atoms with Gasteiger partial charge in [0.25, 0.3) is 0 Å². The fourth-order valence-corrected chi connectivity index (χ4v) is 2.73. The van der Waals surface area contributed by atoms with E-state index in [1.165, 1.54) is 5.56 Å². The van der Waals surface area contributed by atoms with Gasteiger partial charge in [-0.25, -0.2) is 0 Å². The molecule has 0 atom stereocenters. The van der Waals surface area contributed by atoms with Crippen molar-refractivity contribution in [2.45, 2.75) is 26.2 Å². The standard InChI is InChI=1S/C13H16BrNO2/c1-9-3-4-11(10(14)7-9)15-8-13(12(16)17)5-2-6-13/h3-4,7,15H,2,5-6,8H2,1H3,(H,16,17). The van der Waals surface area contributed by atoms with Crippen LogP contribution in [-0.4, -0.2) is 17.6 Å². The predicted octanol–water partition coefficient (Wildman–Crippen LogP) is 3.42. The molecule has 0 spiro atoms. The summed E-state index contributed by atoms with van der Waals surface area (Å²) < 4.78 is 0.984. The minimum absolute atomic E-state index is 0.504. The molecule has 17 heavy (non-hydrogen) atoms. The molecule has 0 heterocycles. The molecule has 0 amide bonds. The quantitative estimate of drug-likeness (QED) is 0.895. The van der Waals surface area contributed by atoms with E-state index in [0.29, 0.717) is 6.54 Å². The Morgan fingerprint density at radius 1 is 1.53 bits per heavy atom. The van der Waals surface area contributed by atoms with Crippen LogP contribution < -0.4 is 5.32 Å². The number of carbonyl (C=O) groups is 1. The molecule has 0 bridgehead atoms. The van der Waals surface area contributed by atoms with Gasteiger partial charge in [-0.15, -0.1) is 0 Å². The summed E-state index contributed by atoms with van der Waals surface area (Å²) >= 11 is 3.48. The SMILES string of the molecule is Cc1ccc(NCC2(C(=O)O)CCC2)c(Br)c1. The van der Waals surface area contributed by atoms with Crippen LogP contribution in [0, 0.1) is 12.3 Å². The highest BCUT2D eigenvalue weighted by Gasteiger charge is 2.44. The Labute approximate surface area is 109 Å². The number of aliphatic carboxylic acids is 1. The highest BCUT2D eigenvalue weighted by Crippen LogP contribution is 2.41. The summed E-state index contributed by atoms with van der Waals surface area (Å²) in [6.45, 7) is 2.53. The molecule has 1 aromatic carbocycles. The number of carboxylic acid groups (broad SMARTS) is 1. The lowest BCUT2D eigenvalue weighted by atomic mass is 9.69. The van der Waals surface area contributed by atoms with Crippen LogP contribution in [0.15, 0.2) is 22.7 Å². The van der Waals surface area contributed by atoms with Gasteiger partial charge in [-0.3, -0.25) is 4.79 Å². The summed E-state index contributed by atoms with van der Waals surface area (Å²) in [4.78, 5) is 11.2. The minimum atomic E-state index is -0.681. The molecule has 1 aliphatic rings. The average Bonchev–Trinajstić information content (AvgIpc) is 2.18. The summed E-state index contributed by atoms with van der Waals surface area (Å²) in [5.41, 5.74) is 1.59. The Balaban J connectivity index is 2.04. The smallest absolute Gasteiger partial charge is 0.311 e. The van der Waals surface area contributed by atoms with E-state index in [2.05, 4.69) is 21.2 Å². The Bertz CT molecular complexity index is 441. The van der Waals surface area contributed by atoms with Crippen molar-refractivity contribution in [1.29, 1.82) is 0 Å². The maximum atomic E-state index is 11.2. The van der Waals surface area contributed by atoms with Gasteiger partial charge >= 0.3 is 5.97 Å². The lowest BCUT2D eigenvalue weighted by Gasteiger charge is -2.38. The summed E-state index contributed by atoms with van der Waals surface area (Å²) in [5.74, 6) is -0.681. The van der Waals surface area contributed by atoms with Crippen LogP contribution in [0.2, 0.25) is 0 Å². The molecule has 92 valence electrons. The van der Waals surface area contributed by atoms with Crippen molar-refractivity contribution in [3.8, 4) is 0 Å². The number of rotatable bonds is 4. The summed E-state index contributed by atoms with van der Waals surface area (Å²) in [7, 11) is 0. The lowest BCUT2D eigenvalue weighted by Crippen LogP contribution is -2.43. The molecule has 1 fully saturated rings. The van der Waals surface area contributed by atoms with Gasteiger partial charge in [0.05, 0.1) is 5.41 Å². The van der Waals surface area contributed by atoms with Crippen LogP contribution in [0.1, 0.15) is 24.8 Å². The second-order valence-electron chi connectivity index (χ2n) is 4.78. The van der Waals surface area contributed by atoms with Crippen molar-refractivity contribution in [3.63, 3.8) is 0 Å². The van der Waals surface area contributed by atoms with Gasteiger partial charge in [-0.2, -0.15) is 0 Å². The number of hydrogen-bond donors (Lipinski definition) is 2. The molecular weight excluding hydrogens is 282 g/mol. The number of benzene rings is 1. The first-order valence-corrected chi connectivity index (χ1v) is 6.56. The molecular formula is C13H16BrNO2. The Morgan fingerprint density at radius 2 is 2.24 bits per heavy atom. The van der Waals surface area contributed by atoms with Crippen LogP contribution in [0.4, 0.5) is 5.69 Å². The minimum Gasteiger partial charge on any atom is -0.481 e. The van der Waals surface area contributed by atoms with Crippen LogP contribution in [-0.2, 0) is 4.79 Å². The number of halogens is 1. The van der Waals surface area contributed by atoms with Crippen LogP contribution in [0.25, 0.3) is 0 Å². The molecule has 2 rings (SSSR count). The zero-order valence-corrected chi connectivity index (χ0v) is 11.4. The largest absolute Gasteiger partial charge is 0.481 e. The van der Waals surface area contributed by atoms with E-state index in [-0.39, 0.29) is 0 Å². The first kappa shape index (κ1) is 12.4. The maximum absolute atomic E-state index is 11.2. The molecule has 0 saturated heterocycles. The third-order valence-corrected chi connectivity index (χ3v) is 4.16. The van der Waals surface area contributed by atoms with Crippen molar-refractivity contribution < 1.29 is 9.90 Å². The zero-order chi connectivity index (χ0) is 12.5. The number of hydrogen-bond acceptors (Lipinski definition) is 2. The topological polar surface area (TPSA) is 49.3 Å². The second-order valence-corrected chi connectivity index (χ2v) is 5.63. The number of carboxylic acids is 1. The van der Waals surface area contributed by atoms with Crippen molar-refractivity contribution in [3.05, 3.63) is 28.2 Å². The monoisotopic (exact) mass is 297 g/mol. The van der Waals surface area contributed by atoms with Crippen LogP contribution in [0.5, 0.6) is 0 Å². The van der Waals surface area contributed by atoms with Crippen molar-refractivity contribution >= 4 is 27.6 Å². The normalized spacial score (nSPS) is 17.3. The molecule has 0 unspecified atom stereocenters. The Morgan fingerprint density at radius 3 is 2.71 bits per heavy atom. The average molecular weight is 298 g/mol. The highest BCUT2D eigenvalue weighted by molar-refractivity contribution is 9.10. The van der Waals surface area contributed by atoms with Gasteiger partial charge in [0.15, 0.2) is 0 Å². The van der Waals surface area contributed by atoms with Crippen molar-refractivity contribution in [1.82, 2.24) is 0 Å². The first-order chi connectivity index (χ1) is 8.03. The number of anilines is 1. The van der Waals surface area contributed by atoms with Gasteiger partial charge < -0.3 is 10.4 Å². The van der Waals surface area contributed by atoms with Crippen LogP contribution >= 0.6 is 15.9 Å². The highest BCUT2D eigenvalue weighted by atomic mass is 79.9. The third-order valence-electron chi connectivity index (χ3n) is 3.51. The van der Waals surface area contributed by atoms with E-state index in [1.54, 1.807) is 0 Å². The van der Waals surface area contributed by atoms with E-state index in [0.717, 1.165) is 29.4 Å².